The van der Waals surface area contributed by atoms with E-state index in [1.807, 2.05) is 48.5 Å². The van der Waals surface area contributed by atoms with Gasteiger partial charge in [-0.15, -0.1) is 23.2 Å². The van der Waals surface area contributed by atoms with Crippen molar-refractivity contribution < 1.29 is 19.5 Å². The highest BCUT2D eigenvalue weighted by Gasteiger charge is 2.72. The molecule has 160 valence electrons. The fourth-order valence-corrected chi connectivity index (χ4v) is 6.77. The van der Waals surface area contributed by atoms with Gasteiger partial charge < -0.3 is 5.11 Å². The van der Waals surface area contributed by atoms with Crippen molar-refractivity contribution in [1.82, 2.24) is 4.90 Å². The lowest BCUT2D eigenvalue weighted by atomic mass is 9.54. The Balaban J connectivity index is 1.56. The summed E-state index contributed by atoms with van der Waals surface area (Å²) >= 11 is 14.7. The van der Waals surface area contributed by atoms with Gasteiger partial charge in [-0.05, 0) is 35.1 Å². The molecule has 2 atom stereocenters. The van der Waals surface area contributed by atoms with Gasteiger partial charge in [-0.3, -0.25) is 19.3 Å². The van der Waals surface area contributed by atoms with Crippen LogP contribution in [-0.4, -0.2) is 34.3 Å². The number of amides is 2. The SMILES string of the molecule is O=C(O)CCCCCN1C(=O)[C@@H]2[C@@H](C1=O)C1(Cl)c3ccccc3C2(Cl)c2ccccc21. The summed E-state index contributed by atoms with van der Waals surface area (Å²) in [5.74, 6) is -2.99. The van der Waals surface area contributed by atoms with Gasteiger partial charge in [0.05, 0.1) is 11.8 Å². The molecule has 0 unspecified atom stereocenters. The van der Waals surface area contributed by atoms with Crippen LogP contribution in [0, 0.1) is 11.8 Å². The van der Waals surface area contributed by atoms with Gasteiger partial charge in [0, 0.05) is 13.0 Å². The maximum absolute atomic E-state index is 13.5. The summed E-state index contributed by atoms with van der Waals surface area (Å²) in [6.07, 6.45) is 1.76. The second kappa shape index (κ2) is 7.07. The molecular formula is C24H21Cl2NO4. The highest BCUT2D eigenvalue weighted by Crippen LogP contribution is 2.69. The zero-order valence-corrected chi connectivity index (χ0v) is 18.2. The Morgan fingerprint density at radius 1 is 0.806 bits per heavy atom. The molecule has 3 aliphatic carbocycles. The maximum atomic E-state index is 13.5. The summed E-state index contributed by atoms with van der Waals surface area (Å²) in [5.41, 5.74) is 3.15. The monoisotopic (exact) mass is 457 g/mol. The minimum absolute atomic E-state index is 0.0767. The fourth-order valence-electron chi connectivity index (χ4n) is 5.67. The van der Waals surface area contributed by atoms with Crippen LogP contribution in [0.1, 0.15) is 47.9 Å². The van der Waals surface area contributed by atoms with Crippen molar-refractivity contribution in [2.45, 2.75) is 35.4 Å². The maximum Gasteiger partial charge on any atom is 0.303 e. The van der Waals surface area contributed by atoms with E-state index in [-0.39, 0.29) is 24.8 Å². The van der Waals surface area contributed by atoms with E-state index < -0.39 is 27.6 Å². The first-order valence-corrected chi connectivity index (χ1v) is 11.2. The Morgan fingerprint density at radius 3 is 1.61 bits per heavy atom. The number of carbonyl (C=O) groups is 3. The summed E-state index contributed by atoms with van der Waals surface area (Å²) in [6.45, 7) is 0.247. The summed E-state index contributed by atoms with van der Waals surface area (Å²) in [7, 11) is 0. The van der Waals surface area contributed by atoms with E-state index in [1.165, 1.54) is 4.90 Å². The number of rotatable bonds is 6. The first kappa shape index (κ1) is 20.5. The van der Waals surface area contributed by atoms with Crippen molar-refractivity contribution >= 4 is 41.0 Å². The zero-order chi connectivity index (χ0) is 22.0. The summed E-state index contributed by atoms with van der Waals surface area (Å²) < 4.78 is 0. The van der Waals surface area contributed by atoms with Crippen LogP contribution in [0.3, 0.4) is 0 Å². The number of halogens is 2. The molecule has 2 amide bonds. The topological polar surface area (TPSA) is 74.7 Å². The molecule has 1 heterocycles. The van der Waals surface area contributed by atoms with E-state index in [0.29, 0.717) is 19.3 Å². The highest BCUT2D eigenvalue weighted by molar-refractivity contribution is 6.35. The van der Waals surface area contributed by atoms with E-state index in [2.05, 4.69) is 0 Å². The van der Waals surface area contributed by atoms with Crippen molar-refractivity contribution in [3.63, 3.8) is 0 Å². The first-order chi connectivity index (χ1) is 14.8. The Bertz CT molecular complexity index is 993. The number of imide groups is 1. The van der Waals surface area contributed by atoms with Gasteiger partial charge in [0.25, 0.3) is 0 Å². The third-order valence-electron chi connectivity index (χ3n) is 6.95. The molecule has 2 aromatic rings. The number of likely N-dealkylation sites (tertiary alicyclic amines) is 1. The van der Waals surface area contributed by atoms with Crippen molar-refractivity contribution in [2.24, 2.45) is 11.8 Å². The largest absolute Gasteiger partial charge is 0.481 e. The van der Waals surface area contributed by atoms with E-state index in [1.54, 1.807) is 0 Å². The molecular weight excluding hydrogens is 437 g/mol. The Kier molecular flexibility index (Phi) is 4.68. The number of nitrogens with zero attached hydrogens (tertiary/aromatic N) is 1. The number of carboxylic acids is 1. The molecule has 0 spiro atoms. The Morgan fingerprint density at radius 2 is 1.23 bits per heavy atom. The van der Waals surface area contributed by atoms with E-state index in [9.17, 15) is 14.4 Å². The lowest BCUT2D eigenvalue weighted by molar-refractivity contribution is -0.140. The van der Waals surface area contributed by atoms with Gasteiger partial charge in [0.2, 0.25) is 11.8 Å². The molecule has 0 aromatic heterocycles. The number of benzene rings is 2. The van der Waals surface area contributed by atoms with Crippen LogP contribution in [-0.2, 0) is 24.1 Å². The smallest absolute Gasteiger partial charge is 0.303 e. The lowest BCUT2D eigenvalue weighted by Crippen LogP contribution is -2.57. The summed E-state index contributed by atoms with van der Waals surface area (Å²) in [6, 6.07) is 15.1. The van der Waals surface area contributed by atoms with Crippen LogP contribution in [0.15, 0.2) is 48.5 Å². The molecule has 5 nitrogen and oxygen atoms in total. The van der Waals surface area contributed by atoms with Gasteiger partial charge >= 0.3 is 5.97 Å². The molecule has 0 saturated carbocycles. The average molecular weight is 458 g/mol. The van der Waals surface area contributed by atoms with Crippen LogP contribution >= 0.6 is 23.2 Å². The number of carbonyl (C=O) groups excluding carboxylic acids is 2. The molecule has 1 saturated heterocycles. The van der Waals surface area contributed by atoms with Crippen LogP contribution < -0.4 is 0 Å². The summed E-state index contributed by atoms with van der Waals surface area (Å²) in [4.78, 5) is 36.8. The predicted octanol–water partition coefficient (Wildman–Crippen LogP) is 4.22. The van der Waals surface area contributed by atoms with Gasteiger partial charge in [-0.1, -0.05) is 55.0 Å². The zero-order valence-electron chi connectivity index (χ0n) is 16.7. The number of aliphatic carboxylic acids is 1. The number of alkyl halides is 2. The fraction of sp³-hybridized carbons (Fsp3) is 0.375. The molecule has 4 aliphatic rings. The highest BCUT2D eigenvalue weighted by atomic mass is 35.5. The lowest BCUT2D eigenvalue weighted by Gasteiger charge is -2.54. The van der Waals surface area contributed by atoms with E-state index >= 15 is 0 Å². The second-order valence-corrected chi connectivity index (χ2v) is 9.69. The van der Waals surface area contributed by atoms with E-state index in [0.717, 1.165) is 22.3 Å². The van der Waals surface area contributed by atoms with Crippen molar-refractivity contribution in [3.8, 4) is 0 Å². The van der Waals surface area contributed by atoms with E-state index in [4.69, 9.17) is 28.3 Å². The number of hydrogen-bond donors (Lipinski definition) is 1. The minimum atomic E-state index is -1.15. The van der Waals surface area contributed by atoms with Crippen LogP contribution in [0.25, 0.3) is 0 Å². The Hall–Kier alpha value is -2.37. The molecule has 1 fully saturated rings. The van der Waals surface area contributed by atoms with Gasteiger partial charge in [-0.25, -0.2) is 0 Å². The van der Waals surface area contributed by atoms with Gasteiger partial charge in [0.15, 0.2) is 0 Å². The summed E-state index contributed by atoms with van der Waals surface area (Å²) in [5, 5.41) is 8.79. The number of unbranched alkanes of at least 4 members (excludes halogenated alkanes) is 2. The first-order valence-electron chi connectivity index (χ1n) is 10.5. The average Bonchev–Trinajstić information content (AvgIpc) is 3.03. The van der Waals surface area contributed by atoms with Gasteiger partial charge in [0.1, 0.15) is 9.75 Å². The van der Waals surface area contributed by atoms with Gasteiger partial charge in [-0.2, -0.15) is 0 Å². The third kappa shape index (κ3) is 2.60. The molecule has 7 heteroatoms. The minimum Gasteiger partial charge on any atom is -0.481 e. The molecule has 31 heavy (non-hydrogen) atoms. The molecule has 2 aromatic carbocycles. The molecule has 0 radical (unpaired) electrons. The Labute approximate surface area is 189 Å². The van der Waals surface area contributed by atoms with Crippen LogP contribution in [0.2, 0.25) is 0 Å². The van der Waals surface area contributed by atoms with Crippen molar-refractivity contribution in [2.75, 3.05) is 6.54 Å². The molecule has 2 bridgehead atoms. The molecule has 6 rings (SSSR count). The predicted molar refractivity (Wildman–Crippen MR) is 116 cm³/mol. The van der Waals surface area contributed by atoms with Crippen molar-refractivity contribution in [1.29, 1.82) is 0 Å². The number of carboxylic acid groups (broad SMARTS) is 1. The van der Waals surface area contributed by atoms with Crippen LogP contribution in [0.4, 0.5) is 0 Å². The third-order valence-corrected chi connectivity index (χ3v) is 8.23. The quantitative estimate of drug-likeness (QED) is 0.400. The standard InChI is InChI=1S/C24H21Cl2NO4/c25-23-14-8-3-4-9-15(14)24(26,17-11-6-5-10-16(17)23)20-19(23)21(30)27(22(20)31)13-7-1-2-12-18(28)29/h3-6,8-11,19-20H,1-2,7,12-13H2,(H,28,29)/t19-,20-,23?,24?/m0/s1. The molecule has 1 N–H and O–H groups in total. The number of hydrogen-bond acceptors (Lipinski definition) is 3. The normalized spacial score (nSPS) is 30.2. The molecule has 1 aliphatic heterocycles. The van der Waals surface area contributed by atoms with Crippen LogP contribution in [0.5, 0.6) is 0 Å². The second-order valence-electron chi connectivity index (χ2n) is 8.50. The van der Waals surface area contributed by atoms with Crippen molar-refractivity contribution in [3.05, 3.63) is 70.8 Å².